The van der Waals surface area contributed by atoms with Gasteiger partial charge in [-0.1, -0.05) is 181 Å². The van der Waals surface area contributed by atoms with E-state index in [1.807, 2.05) is 0 Å². The van der Waals surface area contributed by atoms with E-state index in [4.69, 9.17) is 9.47 Å². The average molecular weight is 696 g/mol. The van der Waals surface area contributed by atoms with Crippen LogP contribution in [-0.4, -0.2) is 62.0 Å². The van der Waals surface area contributed by atoms with Crippen molar-refractivity contribution in [3.05, 3.63) is 0 Å². The van der Waals surface area contributed by atoms with E-state index in [-0.39, 0.29) is 18.5 Å². The van der Waals surface area contributed by atoms with Gasteiger partial charge in [-0.2, -0.15) is 0 Å². The Morgan fingerprint density at radius 3 is 1.20 bits per heavy atom. The Morgan fingerprint density at radius 1 is 0.449 bits per heavy atom. The summed E-state index contributed by atoms with van der Waals surface area (Å²) in [5, 5.41) is 9.54. The third-order valence-electron chi connectivity index (χ3n) is 10.3. The number of esters is 1. The van der Waals surface area contributed by atoms with Crippen molar-refractivity contribution in [3.8, 4) is 0 Å². The summed E-state index contributed by atoms with van der Waals surface area (Å²) in [6, 6.07) is 0. The van der Waals surface area contributed by atoms with Gasteiger partial charge in [0.1, 0.15) is 0 Å². The van der Waals surface area contributed by atoms with E-state index >= 15 is 0 Å². The highest BCUT2D eigenvalue weighted by molar-refractivity contribution is 5.72. The van der Waals surface area contributed by atoms with Gasteiger partial charge in [0.05, 0.1) is 19.1 Å². The van der Waals surface area contributed by atoms with Crippen LogP contribution in [0.15, 0.2) is 0 Å². The van der Waals surface area contributed by atoms with Gasteiger partial charge in [0, 0.05) is 19.8 Å². The molecule has 0 radical (unpaired) electrons. The summed E-state index contributed by atoms with van der Waals surface area (Å²) in [5.41, 5.74) is 0. The van der Waals surface area contributed by atoms with Crippen LogP contribution in [-0.2, 0) is 14.3 Å². The predicted molar refractivity (Wildman–Crippen MR) is 214 cm³/mol. The van der Waals surface area contributed by atoms with Crippen LogP contribution in [0.3, 0.4) is 0 Å². The molecule has 1 N–H and O–H groups in total. The molecule has 0 aliphatic rings. The molecule has 294 valence electrons. The number of hydrogen-bond donors (Lipinski definition) is 1. The molecule has 0 heterocycles. The van der Waals surface area contributed by atoms with Crippen molar-refractivity contribution in [1.29, 1.82) is 0 Å². The van der Waals surface area contributed by atoms with Crippen molar-refractivity contribution in [2.75, 3.05) is 46.1 Å². The van der Waals surface area contributed by atoms with Crippen LogP contribution in [0.5, 0.6) is 0 Å². The molecule has 0 aliphatic carbocycles. The van der Waals surface area contributed by atoms with Gasteiger partial charge in [-0.15, -0.1) is 0 Å². The minimum Gasteiger partial charge on any atom is -0.465 e. The molecule has 49 heavy (non-hydrogen) atoms. The molecule has 0 aliphatic heterocycles. The fourth-order valence-corrected chi connectivity index (χ4v) is 6.97. The summed E-state index contributed by atoms with van der Waals surface area (Å²) in [4.78, 5) is 15.4. The first-order chi connectivity index (χ1) is 24.2. The molecule has 0 spiro atoms. The molecule has 0 aromatic heterocycles. The predicted octanol–water partition coefficient (Wildman–Crippen LogP) is 13.0. The number of hydrogen-bond acceptors (Lipinski definition) is 5. The van der Waals surface area contributed by atoms with Crippen molar-refractivity contribution >= 4 is 5.97 Å². The summed E-state index contributed by atoms with van der Waals surface area (Å²) in [6.07, 6.45) is 40.2. The van der Waals surface area contributed by atoms with Crippen molar-refractivity contribution in [2.24, 2.45) is 5.92 Å². The van der Waals surface area contributed by atoms with E-state index in [0.717, 1.165) is 58.5 Å². The molecule has 0 aromatic rings. The second kappa shape index (κ2) is 41.8. The Morgan fingerprint density at radius 2 is 0.796 bits per heavy atom. The number of nitrogens with zero attached hydrogens (tertiary/aromatic N) is 1. The zero-order chi connectivity index (χ0) is 35.7. The largest absolute Gasteiger partial charge is 0.465 e. The third-order valence-corrected chi connectivity index (χ3v) is 10.3. The molecule has 5 heteroatoms. The number of aliphatic hydroxyl groups is 1. The fourth-order valence-electron chi connectivity index (χ4n) is 6.97. The number of rotatable bonds is 42. The lowest BCUT2D eigenvalue weighted by Gasteiger charge is -2.21. The normalized spacial score (nSPS) is 11.7. The lowest BCUT2D eigenvalue weighted by atomic mass is 9.94. The van der Waals surface area contributed by atoms with Gasteiger partial charge in [0.15, 0.2) is 0 Å². The topological polar surface area (TPSA) is 59.0 Å². The summed E-state index contributed by atoms with van der Waals surface area (Å²) < 4.78 is 11.6. The lowest BCUT2D eigenvalue weighted by Crippen LogP contribution is -2.29. The van der Waals surface area contributed by atoms with Crippen LogP contribution in [0.2, 0.25) is 0 Å². The average Bonchev–Trinajstić information content (AvgIpc) is 3.10. The van der Waals surface area contributed by atoms with Gasteiger partial charge in [0.2, 0.25) is 0 Å². The standard InChI is InChI=1S/C44H89NO4/c1-4-7-10-13-17-24-31-40-48-41-32-25-18-16-22-29-36-45(38-39-46)37-30-23-19-26-33-42-49-44(47)43(34-27-20-14-11-8-5-2)35-28-21-15-12-9-6-3/h43,46H,4-42H2,1-3H3. The maximum absolute atomic E-state index is 13.0. The first kappa shape index (κ1) is 48.3. The summed E-state index contributed by atoms with van der Waals surface area (Å²) in [6.45, 7) is 12.5. The Labute approximate surface area is 307 Å². The van der Waals surface area contributed by atoms with Crippen LogP contribution in [0.4, 0.5) is 0 Å². The molecular formula is C44H89NO4. The minimum atomic E-state index is 0.0739. The van der Waals surface area contributed by atoms with E-state index in [1.54, 1.807) is 0 Å². The van der Waals surface area contributed by atoms with E-state index in [2.05, 4.69) is 25.7 Å². The van der Waals surface area contributed by atoms with Crippen molar-refractivity contribution in [1.82, 2.24) is 4.90 Å². The van der Waals surface area contributed by atoms with E-state index in [1.165, 1.54) is 180 Å². The first-order valence-corrected chi connectivity index (χ1v) is 22.3. The molecule has 0 saturated heterocycles. The van der Waals surface area contributed by atoms with Crippen LogP contribution >= 0.6 is 0 Å². The molecule has 0 aromatic carbocycles. The lowest BCUT2D eigenvalue weighted by molar-refractivity contribution is -0.149. The van der Waals surface area contributed by atoms with Crippen LogP contribution in [0.25, 0.3) is 0 Å². The van der Waals surface area contributed by atoms with Gasteiger partial charge >= 0.3 is 5.97 Å². The van der Waals surface area contributed by atoms with Crippen LogP contribution in [0.1, 0.15) is 226 Å². The maximum Gasteiger partial charge on any atom is 0.308 e. The molecule has 0 bridgehead atoms. The van der Waals surface area contributed by atoms with E-state index in [0.29, 0.717) is 6.61 Å². The summed E-state index contributed by atoms with van der Waals surface area (Å²) in [7, 11) is 0. The van der Waals surface area contributed by atoms with Gasteiger partial charge < -0.3 is 19.5 Å². The zero-order valence-electron chi connectivity index (χ0n) is 33.8. The molecule has 0 rings (SSSR count). The molecular weight excluding hydrogens is 606 g/mol. The quantitative estimate of drug-likeness (QED) is 0.0509. The zero-order valence-corrected chi connectivity index (χ0v) is 33.8. The number of aliphatic hydroxyl groups excluding tert-OH is 1. The Hall–Kier alpha value is -0.650. The van der Waals surface area contributed by atoms with Crippen LogP contribution < -0.4 is 0 Å². The Bertz CT molecular complexity index is 614. The number of carbonyl (C=O) groups excluding carboxylic acids is 1. The number of carbonyl (C=O) groups is 1. The maximum atomic E-state index is 13.0. The summed E-state index contributed by atoms with van der Waals surface area (Å²) >= 11 is 0. The Balaban J connectivity index is 3.87. The van der Waals surface area contributed by atoms with E-state index in [9.17, 15) is 9.90 Å². The highest BCUT2D eigenvalue weighted by Crippen LogP contribution is 2.21. The molecule has 0 amide bonds. The monoisotopic (exact) mass is 696 g/mol. The first-order valence-electron chi connectivity index (χ1n) is 22.3. The molecule has 5 nitrogen and oxygen atoms in total. The van der Waals surface area contributed by atoms with Crippen molar-refractivity contribution in [2.45, 2.75) is 226 Å². The third kappa shape index (κ3) is 36.9. The van der Waals surface area contributed by atoms with Gasteiger partial charge in [-0.05, 0) is 58.0 Å². The molecule has 0 atom stereocenters. The smallest absolute Gasteiger partial charge is 0.308 e. The van der Waals surface area contributed by atoms with Crippen molar-refractivity contribution < 1.29 is 19.4 Å². The fraction of sp³-hybridized carbons (Fsp3) is 0.977. The van der Waals surface area contributed by atoms with Crippen LogP contribution in [0, 0.1) is 5.92 Å². The number of unbranched alkanes of at least 4 members (excludes halogenated alkanes) is 25. The Kier molecular flexibility index (Phi) is 41.2. The minimum absolute atomic E-state index is 0.0739. The SMILES string of the molecule is CCCCCCCCCOCCCCCCCCN(CCO)CCCCCCCOC(=O)C(CCCCCCCC)CCCCCCCC. The highest BCUT2D eigenvalue weighted by atomic mass is 16.5. The highest BCUT2D eigenvalue weighted by Gasteiger charge is 2.19. The molecule has 0 saturated carbocycles. The van der Waals surface area contributed by atoms with Crippen molar-refractivity contribution in [3.63, 3.8) is 0 Å². The second-order valence-electron chi connectivity index (χ2n) is 15.2. The molecule has 0 unspecified atom stereocenters. The van der Waals surface area contributed by atoms with Gasteiger partial charge in [-0.3, -0.25) is 4.79 Å². The second-order valence-corrected chi connectivity index (χ2v) is 15.2. The molecule has 0 fully saturated rings. The van der Waals surface area contributed by atoms with Gasteiger partial charge in [-0.25, -0.2) is 0 Å². The summed E-state index contributed by atoms with van der Waals surface area (Å²) in [5.74, 6) is 0.184. The van der Waals surface area contributed by atoms with E-state index < -0.39 is 0 Å². The number of ether oxygens (including phenoxy) is 2. The van der Waals surface area contributed by atoms with Gasteiger partial charge in [0.25, 0.3) is 0 Å².